The lowest BCUT2D eigenvalue weighted by molar-refractivity contribution is -0.296. The third kappa shape index (κ3) is 4.05. The number of ether oxygens (including phenoxy) is 1. The molecule has 1 heterocycles. The summed E-state index contributed by atoms with van der Waals surface area (Å²) in [6.45, 7) is 2.12. The highest BCUT2D eigenvalue weighted by Crippen LogP contribution is 2.35. The van der Waals surface area contributed by atoms with Crippen molar-refractivity contribution in [3.05, 3.63) is 41.7 Å². The number of benzene rings is 1. The summed E-state index contributed by atoms with van der Waals surface area (Å²) in [4.78, 5) is 16.4. The minimum atomic E-state index is -0.451. The lowest BCUT2D eigenvalue weighted by Crippen LogP contribution is -2.18. The van der Waals surface area contributed by atoms with Crippen LogP contribution in [-0.4, -0.2) is 32.8 Å². The van der Waals surface area contributed by atoms with Gasteiger partial charge in [0.1, 0.15) is 11.8 Å². The summed E-state index contributed by atoms with van der Waals surface area (Å²) in [7, 11) is 0. The molecule has 7 heteroatoms. The molecule has 0 bridgehead atoms. The van der Waals surface area contributed by atoms with Gasteiger partial charge in [0.25, 0.3) is 0 Å². The first kappa shape index (κ1) is 17.6. The van der Waals surface area contributed by atoms with Gasteiger partial charge in [-0.25, -0.2) is 14.4 Å². The normalized spacial score (nSPS) is 16.6. The Balaban J connectivity index is 1.75. The molecule has 25 heavy (non-hydrogen) atoms. The van der Waals surface area contributed by atoms with Crippen LogP contribution < -0.4 is 0 Å². The molecule has 1 aromatic heterocycles. The maximum Gasteiger partial charge on any atom is 0.338 e. The average molecular weight is 345 g/mol. The number of carbonyl (C=O) groups excluding carboxylic acids is 1. The average Bonchev–Trinajstić information content (AvgIpc) is 3.13. The van der Waals surface area contributed by atoms with E-state index in [1.165, 1.54) is 6.42 Å². The maximum absolute atomic E-state index is 11.7. The van der Waals surface area contributed by atoms with E-state index in [1.54, 1.807) is 42.1 Å². The Labute approximate surface area is 146 Å². The van der Waals surface area contributed by atoms with Crippen molar-refractivity contribution in [1.29, 1.82) is 0 Å². The second kappa shape index (κ2) is 8.22. The van der Waals surface area contributed by atoms with Gasteiger partial charge in [0, 0.05) is 0 Å². The smallest absolute Gasteiger partial charge is 0.338 e. The topological polar surface area (TPSA) is 86.5 Å². The van der Waals surface area contributed by atoms with Crippen molar-refractivity contribution >= 4 is 5.97 Å². The fourth-order valence-corrected chi connectivity index (χ4v) is 3.32. The van der Waals surface area contributed by atoms with Gasteiger partial charge in [-0.1, -0.05) is 24.5 Å². The zero-order valence-electron chi connectivity index (χ0n) is 14.3. The van der Waals surface area contributed by atoms with Crippen molar-refractivity contribution in [2.75, 3.05) is 6.61 Å². The Morgan fingerprint density at radius 3 is 2.64 bits per heavy atom. The quantitative estimate of drug-likeness (QED) is 0.489. The van der Waals surface area contributed by atoms with Crippen LogP contribution in [0.25, 0.3) is 5.69 Å². The second-order valence-corrected chi connectivity index (χ2v) is 6.28. The molecule has 0 radical (unpaired) electrons. The molecular weight excluding hydrogens is 322 g/mol. The molecule has 0 aliphatic heterocycles. The summed E-state index contributed by atoms with van der Waals surface area (Å²) in [5.74, 6) is -0.0885. The van der Waals surface area contributed by atoms with Crippen molar-refractivity contribution < 1.29 is 19.7 Å². The summed E-state index contributed by atoms with van der Waals surface area (Å²) in [5, 5.41) is 17.6. The number of hydrogen-bond acceptors (Lipinski definition) is 6. The monoisotopic (exact) mass is 345 g/mol. The third-order valence-corrected chi connectivity index (χ3v) is 4.64. The van der Waals surface area contributed by atoms with Crippen molar-refractivity contribution in [2.45, 2.75) is 45.1 Å². The molecule has 1 aromatic carbocycles. The Morgan fingerprint density at radius 2 is 2.00 bits per heavy atom. The molecule has 3 rings (SSSR count). The lowest BCUT2D eigenvalue weighted by Gasteiger charge is -2.26. The molecule has 0 unspecified atom stereocenters. The zero-order valence-corrected chi connectivity index (χ0v) is 14.3. The molecule has 1 aliphatic rings. The Bertz CT molecular complexity index is 693. The van der Waals surface area contributed by atoms with Crippen molar-refractivity contribution in [3.63, 3.8) is 0 Å². The summed E-state index contributed by atoms with van der Waals surface area (Å²) in [6.07, 6.45) is 6.87. The van der Waals surface area contributed by atoms with E-state index < -0.39 is 6.10 Å². The van der Waals surface area contributed by atoms with E-state index in [0.717, 1.165) is 31.4 Å². The zero-order chi connectivity index (χ0) is 17.6. The van der Waals surface area contributed by atoms with Crippen LogP contribution in [0.15, 0.2) is 30.5 Å². The summed E-state index contributed by atoms with van der Waals surface area (Å²) < 4.78 is 6.58. The Hall–Kier alpha value is -2.25. The number of nitrogens with zero attached hydrogens (tertiary/aromatic N) is 3. The number of hydrogen-bond donors (Lipinski definition) is 1. The molecule has 1 aliphatic carbocycles. The van der Waals surface area contributed by atoms with Crippen LogP contribution in [0, 0.1) is 5.92 Å². The van der Waals surface area contributed by atoms with Crippen LogP contribution in [0.1, 0.15) is 61.2 Å². The maximum atomic E-state index is 11.7. The van der Waals surface area contributed by atoms with Crippen molar-refractivity contribution in [1.82, 2.24) is 15.0 Å². The molecule has 1 atom stereocenters. The first-order valence-corrected chi connectivity index (χ1v) is 8.73. The van der Waals surface area contributed by atoms with Gasteiger partial charge in [0.05, 0.1) is 24.1 Å². The van der Waals surface area contributed by atoms with E-state index >= 15 is 0 Å². The number of esters is 1. The van der Waals surface area contributed by atoms with E-state index in [-0.39, 0.29) is 11.9 Å². The van der Waals surface area contributed by atoms with E-state index in [2.05, 4.69) is 10.3 Å². The standard InChI is InChI=1S/C18H23N3O4/c1-2-24-18(22)14-8-10-15(11-9-14)21-12-16(19-20-21)17(25-23)13-6-4-3-5-7-13/h8-13,17,23H,2-7H2,1H3/t17-/m1/s1. The molecule has 0 saturated heterocycles. The molecular formula is C18H23N3O4. The summed E-state index contributed by atoms with van der Waals surface area (Å²) in [5.41, 5.74) is 1.88. The summed E-state index contributed by atoms with van der Waals surface area (Å²) >= 11 is 0. The fourth-order valence-electron chi connectivity index (χ4n) is 3.32. The fraction of sp³-hybridized carbons (Fsp3) is 0.500. The van der Waals surface area contributed by atoms with Crippen LogP contribution in [0.3, 0.4) is 0 Å². The van der Waals surface area contributed by atoms with Gasteiger partial charge in [-0.15, -0.1) is 5.10 Å². The predicted octanol–water partition coefficient (Wildman–Crippen LogP) is 3.56. The first-order chi connectivity index (χ1) is 12.2. The van der Waals surface area contributed by atoms with Crippen LogP contribution >= 0.6 is 0 Å². The second-order valence-electron chi connectivity index (χ2n) is 6.28. The lowest BCUT2D eigenvalue weighted by atomic mass is 9.84. The molecule has 1 fully saturated rings. The van der Waals surface area contributed by atoms with Gasteiger partial charge in [0.15, 0.2) is 0 Å². The van der Waals surface area contributed by atoms with E-state index in [0.29, 0.717) is 17.9 Å². The predicted molar refractivity (Wildman–Crippen MR) is 90.3 cm³/mol. The number of aromatic nitrogens is 3. The van der Waals surface area contributed by atoms with Gasteiger partial charge < -0.3 is 4.74 Å². The van der Waals surface area contributed by atoms with E-state index in [1.807, 2.05) is 0 Å². The molecule has 7 nitrogen and oxygen atoms in total. The molecule has 0 amide bonds. The molecule has 0 spiro atoms. The number of rotatable bonds is 6. The largest absolute Gasteiger partial charge is 0.462 e. The van der Waals surface area contributed by atoms with Gasteiger partial charge in [0.2, 0.25) is 0 Å². The Morgan fingerprint density at radius 1 is 1.28 bits per heavy atom. The third-order valence-electron chi connectivity index (χ3n) is 4.64. The number of carbonyl (C=O) groups is 1. The van der Waals surface area contributed by atoms with Crippen molar-refractivity contribution in [3.8, 4) is 5.69 Å². The van der Waals surface area contributed by atoms with Crippen LogP contribution in [0.4, 0.5) is 0 Å². The van der Waals surface area contributed by atoms with Gasteiger partial charge in [-0.2, -0.15) is 0 Å². The van der Waals surface area contributed by atoms with Crippen molar-refractivity contribution in [2.24, 2.45) is 5.92 Å². The molecule has 1 saturated carbocycles. The van der Waals surface area contributed by atoms with Crippen LogP contribution in [0.2, 0.25) is 0 Å². The molecule has 1 N–H and O–H groups in total. The minimum absolute atomic E-state index is 0.259. The first-order valence-electron chi connectivity index (χ1n) is 8.73. The van der Waals surface area contributed by atoms with E-state index in [9.17, 15) is 10.1 Å². The molecule has 2 aromatic rings. The highest BCUT2D eigenvalue weighted by molar-refractivity contribution is 5.89. The SMILES string of the molecule is CCOC(=O)c1ccc(-n2cc([C@H](OO)C3CCCCC3)nn2)cc1. The molecule has 134 valence electrons. The minimum Gasteiger partial charge on any atom is -0.462 e. The van der Waals surface area contributed by atoms with Crippen LogP contribution in [0.5, 0.6) is 0 Å². The summed E-state index contributed by atoms with van der Waals surface area (Å²) in [6, 6.07) is 6.94. The van der Waals surface area contributed by atoms with Gasteiger partial charge in [-0.05, 0) is 49.9 Å². The van der Waals surface area contributed by atoms with Crippen LogP contribution in [-0.2, 0) is 9.62 Å². The van der Waals surface area contributed by atoms with E-state index in [4.69, 9.17) is 9.62 Å². The Kier molecular flexibility index (Phi) is 5.78. The van der Waals surface area contributed by atoms with Gasteiger partial charge >= 0.3 is 5.97 Å². The van der Waals surface area contributed by atoms with Gasteiger partial charge in [-0.3, -0.25) is 5.26 Å². The highest BCUT2D eigenvalue weighted by atomic mass is 17.1. The highest BCUT2D eigenvalue weighted by Gasteiger charge is 2.28.